The van der Waals surface area contributed by atoms with Crippen molar-refractivity contribution >= 4 is 27.6 Å². The van der Waals surface area contributed by atoms with Crippen LogP contribution in [0.5, 0.6) is 5.88 Å². The molecule has 2 aromatic heterocycles. The van der Waals surface area contributed by atoms with Crippen molar-refractivity contribution in [2.75, 3.05) is 6.54 Å². The Morgan fingerprint density at radius 2 is 1.68 bits per heavy atom. The highest BCUT2D eigenvalue weighted by atomic mass is 35.5. The Hall–Kier alpha value is -4.06. The largest absolute Gasteiger partial charge is 0.450 e. The van der Waals surface area contributed by atoms with Crippen molar-refractivity contribution in [2.45, 2.75) is 55.3 Å². The lowest BCUT2D eigenvalue weighted by Crippen LogP contribution is -2.60. The minimum Gasteiger partial charge on any atom is -0.356 e. The number of nitriles is 1. The van der Waals surface area contributed by atoms with Crippen molar-refractivity contribution in [3.8, 4) is 28.9 Å². The van der Waals surface area contributed by atoms with Crippen molar-refractivity contribution in [3.63, 3.8) is 0 Å². The van der Waals surface area contributed by atoms with E-state index in [4.69, 9.17) is 11.6 Å². The third kappa shape index (κ3) is 6.08. The summed E-state index contributed by atoms with van der Waals surface area (Å²) in [5.41, 5.74) is -3.30. The second kappa shape index (κ2) is 11.6. The predicted molar refractivity (Wildman–Crippen MR) is 140 cm³/mol. The third-order valence-corrected chi connectivity index (χ3v) is 8.86. The highest BCUT2D eigenvalue weighted by molar-refractivity contribution is 7.88. The minimum absolute atomic E-state index is 0.0134. The van der Waals surface area contributed by atoms with Crippen LogP contribution in [0.25, 0.3) is 16.9 Å². The van der Waals surface area contributed by atoms with E-state index in [1.54, 1.807) is 6.92 Å². The average molecular weight is 725 g/mol. The molecule has 0 bridgehead atoms. The van der Waals surface area contributed by atoms with Crippen LogP contribution in [0.15, 0.2) is 30.6 Å². The van der Waals surface area contributed by atoms with Crippen LogP contribution in [-0.2, 0) is 23.3 Å². The first-order chi connectivity index (χ1) is 21.5. The van der Waals surface area contributed by atoms with Crippen LogP contribution in [0, 0.1) is 11.3 Å². The first-order valence-corrected chi connectivity index (χ1v) is 14.7. The molecule has 0 aliphatic heterocycles. The molecule has 1 aliphatic rings. The number of rotatable bonds is 9. The van der Waals surface area contributed by atoms with E-state index in [1.165, 1.54) is 23.1 Å². The van der Waals surface area contributed by atoms with Crippen molar-refractivity contribution in [2.24, 2.45) is 7.05 Å². The fourth-order valence-corrected chi connectivity index (χ4v) is 5.77. The van der Waals surface area contributed by atoms with Crippen LogP contribution >= 0.6 is 11.6 Å². The van der Waals surface area contributed by atoms with Gasteiger partial charge in [-0.2, -0.15) is 58.3 Å². The molecule has 47 heavy (non-hydrogen) atoms. The fraction of sp³-hybridized carbons (Fsp3) is 0.440. The Morgan fingerprint density at radius 3 is 2.17 bits per heavy atom. The second-order valence-electron chi connectivity index (χ2n) is 10.2. The van der Waals surface area contributed by atoms with Gasteiger partial charge in [0.25, 0.3) is 11.8 Å². The van der Waals surface area contributed by atoms with E-state index in [1.807, 2.05) is 0 Å². The van der Waals surface area contributed by atoms with E-state index < -0.39 is 62.4 Å². The molecule has 3 aromatic rings. The number of amides is 1. The van der Waals surface area contributed by atoms with Gasteiger partial charge in [0, 0.05) is 25.4 Å². The Morgan fingerprint density at radius 1 is 1.09 bits per heavy atom. The van der Waals surface area contributed by atoms with Gasteiger partial charge in [-0.1, -0.05) is 24.6 Å². The normalized spacial score (nSPS) is 15.3. The quantitative estimate of drug-likeness (QED) is 0.186. The van der Waals surface area contributed by atoms with Crippen molar-refractivity contribution in [3.05, 3.63) is 46.7 Å². The number of alkyl halides is 10. The number of carbonyl (C=O) groups is 1. The molecule has 0 unspecified atom stereocenters. The topological polar surface area (TPSA) is 123 Å². The average Bonchev–Trinajstić information content (AvgIpc) is 3.45. The molecule has 0 spiro atoms. The predicted octanol–water partition coefficient (Wildman–Crippen LogP) is 6.35. The molecule has 1 amide bonds. The lowest BCUT2D eigenvalue weighted by molar-refractivity contribution is -0.307. The van der Waals surface area contributed by atoms with Crippen LogP contribution in [-0.4, -0.2) is 68.2 Å². The number of carbonyl (C=O) groups excluding carboxylic acids is 1. The van der Waals surface area contributed by atoms with Gasteiger partial charge < -0.3 is 9.08 Å². The van der Waals surface area contributed by atoms with Crippen LogP contribution in [0.4, 0.5) is 43.9 Å². The second-order valence-corrected chi connectivity index (χ2v) is 12.3. The number of nitrogens with zero attached hydrogens (tertiary/aromatic N) is 6. The maximum atomic E-state index is 14.3. The maximum Gasteiger partial charge on any atom is 0.450 e. The zero-order valence-corrected chi connectivity index (χ0v) is 25.2. The third-order valence-electron chi connectivity index (χ3n) is 7.00. The number of halogens is 11. The first-order valence-electron chi connectivity index (χ1n) is 12.9. The zero-order chi connectivity index (χ0) is 35.5. The molecule has 0 radical (unpaired) electrons. The van der Waals surface area contributed by atoms with Crippen LogP contribution in [0.1, 0.15) is 42.1 Å². The summed E-state index contributed by atoms with van der Waals surface area (Å²) in [5, 5.41) is 9.11. The summed E-state index contributed by atoms with van der Waals surface area (Å²) in [6.07, 6.45) is -17.0. The van der Waals surface area contributed by atoms with Gasteiger partial charge in [-0.15, -0.1) is 5.10 Å². The smallest absolute Gasteiger partial charge is 0.356 e. The SMILES string of the molecule is CCCN(C(=O)c1cc(-c2cnn(-c3c(C(F)(F)F)c(OS(=O)(=O)C(F)(C(F)(F)F)C(F)(F)F)nn3C)c2)ccc1Cl)C1(C#N)CC1. The van der Waals surface area contributed by atoms with Crippen LogP contribution in [0.2, 0.25) is 5.02 Å². The van der Waals surface area contributed by atoms with E-state index in [0.717, 1.165) is 12.4 Å². The molecule has 0 saturated heterocycles. The molecule has 0 N–H and O–H groups in total. The van der Waals surface area contributed by atoms with Crippen LogP contribution in [0.3, 0.4) is 0 Å². The molecule has 1 saturated carbocycles. The first kappa shape index (κ1) is 35.8. The molecule has 2 heterocycles. The van der Waals surface area contributed by atoms with Gasteiger partial charge in [0.05, 0.1) is 22.9 Å². The molecule has 1 fully saturated rings. The minimum atomic E-state index is -7.62. The van der Waals surface area contributed by atoms with E-state index in [0.29, 0.717) is 31.0 Å². The van der Waals surface area contributed by atoms with Gasteiger partial charge in [0.15, 0.2) is 11.4 Å². The van der Waals surface area contributed by atoms with E-state index in [2.05, 4.69) is 20.4 Å². The number of hydrogen-bond donors (Lipinski definition) is 0. The van der Waals surface area contributed by atoms with Gasteiger partial charge in [-0.25, -0.2) is 13.8 Å². The van der Waals surface area contributed by atoms with E-state index >= 15 is 0 Å². The van der Waals surface area contributed by atoms with Gasteiger partial charge >= 0.3 is 33.6 Å². The number of aromatic nitrogens is 4. The van der Waals surface area contributed by atoms with Gasteiger partial charge in [0.1, 0.15) is 5.54 Å². The molecule has 4 rings (SSSR count). The summed E-state index contributed by atoms with van der Waals surface area (Å²) in [6, 6.07) is 5.98. The lowest BCUT2D eigenvalue weighted by Gasteiger charge is -2.28. The molecular weight excluding hydrogens is 706 g/mol. The maximum absolute atomic E-state index is 14.3. The number of hydrogen-bond acceptors (Lipinski definition) is 7. The molecule has 10 nitrogen and oxygen atoms in total. The summed E-state index contributed by atoms with van der Waals surface area (Å²) in [7, 11) is -6.94. The van der Waals surface area contributed by atoms with Gasteiger partial charge in [-0.05, 0) is 37.0 Å². The van der Waals surface area contributed by atoms with E-state index in [-0.39, 0.29) is 32.9 Å². The summed E-state index contributed by atoms with van der Waals surface area (Å²) >= 11 is 6.25. The fourth-order valence-electron chi connectivity index (χ4n) is 4.56. The molecule has 1 aromatic carbocycles. The van der Waals surface area contributed by atoms with E-state index in [9.17, 15) is 62.4 Å². The highest BCUT2D eigenvalue weighted by Gasteiger charge is 2.82. The Bertz CT molecular complexity index is 1840. The molecule has 22 heteroatoms. The van der Waals surface area contributed by atoms with Crippen molar-refractivity contribution < 1.29 is 61.3 Å². The number of benzene rings is 1. The van der Waals surface area contributed by atoms with Gasteiger partial charge in [-0.3, -0.25) is 4.79 Å². The summed E-state index contributed by atoms with van der Waals surface area (Å²) < 4.78 is 163. The molecule has 256 valence electrons. The monoisotopic (exact) mass is 724 g/mol. The Kier molecular flexibility index (Phi) is 8.81. The van der Waals surface area contributed by atoms with Crippen LogP contribution < -0.4 is 4.18 Å². The summed E-state index contributed by atoms with van der Waals surface area (Å²) in [5.74, 6) is -4.23. The number of aryl methyl sites for hydroxylation is 1. The molecular formula is C25H19ClF10N6O4S. The highest BCUT2D eigenvalue weighted by Crippen LogP contribution is 2.51. The lowest BCUT2D eigenvalue weighted by atomic mass is 10.0. The molecule has 1 aliphatic carbocycles. The molecule has 0 atom stereocenters. The standard InChI is InChI=1S/C25H19ClF10N6O4S/c1-3-8-41(21(12-37)6-7-21)20(43)15-9-13(4-5-16(15)26)14-10-38-42(11-14)19-17(22(27,28)29)18(39-40(19)2)46-47(44,45)23(30,24(31,32)33)25(34,35)36/h4-5,9-11H,3,6-8H2,1-2H3. The summed E-state index contributed by atoms with van der Waals surface area (Å²) in [6.45, 7) is 1.99. The van der Waals surface area contributed by atoms with Gasteiger partial charge in [0.2, 0.25) is 0 Å². The van der Waals surface area contributed by atoms with Crippen molar-refractivity contribution in [1.29, 1.82) is 5.26 Å². The summed E-state index contributed by atoms with van der Waals surface area (Å²) in [4.78, 5) is 14.8. The van der Waals surface area contributed by atoms with Crippen molar-refractivity contribution in [1.82, 2.24) is 24.5 Å². The zero-order valence-electron chi connectivity index (χ0n) is 23.6. The Labute approximate surface area is 263 Å². The Balaban J connectivity index is 1.78.